The Balaban J connectivity index is 1.63. The second-order valence-corrected chi connectivity index (χ2v) is 8.08. The highest BCUT2D eigenvalue weighted by molar-refractivity contribution is 5.82. The van der Waals surface area contributed by atoms with Gasteiger partial charge >= 0.3 is 0 Å². The molecule has 0 spiro atoms. The standard InChI is InChI=1S/C24H25F2N5O/c1-16(2)13-27-14-22(32)30-11-12-31-21(15-30)29-23(17-3-5-18(25)6-4-17)24(31)28-20-9-7-19(26)8-10-20/h3-12,16,27-28H,13-15H2,1-2H3. The van der Waals surface area contributed by atoms with Gasteiger partial charge in [-0.2, -0.15) is 0 Å². The van der Waals surface area contributed by atoms with Crippen molar-refractivity contribution in [2.75, 3.05) is 18.4 Å². The molecule has 2 heterocycles. The maximum absolute atomic E-state index is 13.5. The van der Waals surface area contributed by atoms with Crippen LogP contribution in [-0.4, -0.2) is 33.4 Å². The summed E-state index contributed by atoms with van der Waals surface area (Å²) in [6.07, 6.45) is 3.49. The number of rotatable bonds is 7. The Labute approximate surface area is 185 Å². The highest BCUT2D eigenvalue weighted by Gasteiger charge is 2.24. The average Bonchev–Trinajstić information content (AvgIpc) is 3.13. The van der Waals surface area contributed by atoms with Crippen LogP contribution in [0.5, 0.6) is 0 Å². The number of carbonyl (C=O) groups excluding carboxylic acids is 1. The van der Waals surface area contributed by atoms with E-state index in [4.69, 9.17) is 4.98 Å². The molecule has 0 saturated heterocycles. The van der Waals surface area contributed by atoms with Crippen LogP contribution in [0.1, 0.15) is 19.7 Å². The van der Waals surface area contributed by atoms with Crippen LogP contribution in [0.4, 0.5) is 20.3 Å². The van der Waals surface area contributed by atoms with Gasteiger partial charge in [0.2, 0.25) is 5.91 Å². The van der Waals surface area contributed by atoms with Crippen LogP contribution in [0.25, 0.3) is 17.5 Å². The van der Waals surface area contributed by atoms with Crippen molar-refractivity contribution >= 4 is 23.6 Å². The van der Waals surface area contributed by atoms with Gasteiger partial charge in [-0.05, 0) is 61.0 Å². The third kappa shape index (κ3) is 4.86. The third-order valence-corrected chi connectivity index (χ3v) is 5.07. The molecule has 0 atom stereocenters. The Morgan fingerprint density at radius 3 is 2.34 bits per heavy atom. The first-order chi connectivity index (χ1) is 15.4. The number of benzene rings is 2. The highest BCUT2D eigenvalue weighted by Crippen LogP contribution is 2.33. The summed E-state index contributed by atoms with van der Waals surface area (Å²) in [6, 6.07) is 12.1. The van der Waals surface area contributed by atoms with Crippen LogP contribution in [0, 0.1) is 17.6 Å². The minimum absolute atomic E-state index is 0.0486. The summed E-state index contributed by atoms with van der Waals surface area (Å²) in [5.74, 6) is 1.05. The van der Waals surface area contributed by atoms with Crippen molar-refractivity contribution in [2.24, 2.45) is 5.92 Å². The normalized spacial score (nSPS) is 12.8. The van der Waals surface area contributed by atoms with Crippen molar-refractivity contribution in [3.8, 4) is 11.3 Å². The lowest BCUT2D eigenvalue weighted by Gasteiger charge is -2.23. The summed E-state index contributed by atoms with van der Waals surface area (Å²) in [5.41, 5.74) is 2.02. The number of nitrogens with one attached hydrogen (secondary N) is 2. The fourth-order valence-corrected chi connectivity index (χ4v) is 3.44. The van der Waals surface area contributed by atoms with Gasteiger partial charge in [-0.15, -0.1) is 0 Å². The number of aromatic nitrogens is 2. The van der Waals surface area contributed by atoms with Crippen molar-refractivity contribution in [3.05, 3.63) is 72.2 Å². The molecule has 1 aromatic heterocycles. The number of fused-ring (bicyclic) bond motifs is 1. The van der Waals surface area contributed by atoms with Crippen molar-refractivity contribution in [3.63, 3.8) is 0 Å². The van der Waals surface area contributed by atoms with Gasteiger partial charge in [0.05, 0.1) is 13.1 Å². The van der Waals surface area contributed by atoms with Gasteiger partial charge in [0, 0.05) is 23.7 Å². The van der Waals surface area contributed by atoms with Gasteiger partial charge < -0.3 is 15.5 Å². The fraction of sp³-hybridized carbons (Fsp3) is 0.250. The van der Waals surface area contributed by atoms with E-state index in [-0.39, 0.29) is 24.1 Å². The molecule has 6 nitrogen and oxygen atoms in total. The maximum atomic E-state index is 13.5. The molecule has 0 unspecified atom stereocenters. The molecule has 1 aliphatic heterocycles. The van der Waals surface area contributed by atoms with E-state index in [0.29, 0.717) is 35.5 Å². The van der Waals surface area contributed by atoms with Crippen LogP contribution >= 0.6 is 0 Å². The van der Waals surface area contributed by atoms with E-state index in [9.17, 15) is 13.6 Å². The Kier molecular flexibility index (Phi) is 6.32. The molecule has 3 aromatic rings. The summed E-state index contributed by atoms with van der Waals surface area (Å²) in [7, 11) is 0. The van der Waals surface area contributed by atoms with Crippen molar-refractivity contribution in [1.29, 1.82) is 0 Å². The molecule has 1 amide bonds. The number of nitrogens with zero attached hydrogens (tertiary/aromatic N) is 3. The molecule has 0 fully saturated rings. The summed E-state index contributed by atoms with van der Waals surface area (Å²) < 4.78 is 28.7. The zero-order valence-electron chi connectivity index (χ0n) is 18.0. The molecular weight excluding hydrogens is 412 g/mol. The first-order valence-corrected chi connectivity index (χ1v) is 10.5. The smallest absolute Gasteiger partial charge is 0.240 e. The Morgan fingerprint density at radius 2 is 1.69 bits per heavy atom. The van der Waals surface area contributed by atoms with E-state index in [1.807, 2.05) is 4.57 Å². The Morgan fingerprint density at radius 1 is 1.03 bits per heavy atom. The number of imidazole rings is 1. The van der Waals surface area contributed by atoms with Crippen molar-refractivity contribution in [2.45, 2.75) is 20.4 Å². The van der Waals surface area contributed by atoms with Gasteiger partial charge in [-0.25, -0.2) is 13.8 Å². The first kappa shape index (κ1) is 21.7. The van der Waals surface area contributed by atoms with Gasteiger partial charge in [-0.1, -0.05) is 13.8 Å². The molecule has 0 bridgehead atoms. The average molecular weight is 437 g/mol. The van der Waals surface area contributed by atoms with E-state index in [0.717, 1.165) is 12.1 Å². The number of hydrogen-bond acceptors (Lipinski definition) is 4. The second-order valence-electron chi connectivity index (χ2n) is 8.08. The number of halogens is 2. The molecule has 1 aliphatic rings. The van der Waals surface area contributed by atoms with Gasteiger partial charge in [0.1, 0.15) is 29.0 Å². The van der Waals surface area contributed by atoms with E-state index >= 15 is 0 Å². The summed E-state index contributed by atoms with van der Waals surface area (Å²) in [5, 5.41) is 6.44. The van der Waals surface area contributed by atoms with E-state index in [1.54, 1.807) is 41.6 Å². The molecule has 8 heteroatoms. The van der Waals surface area contributed by atoms with E-state index in [1.165, 1.54) is 24.3 Å². The SMILES string of the molecule is CC(C)CNCC(=O)N1C=Cn2c(nc(-c3ccc(F)cc3)c2Nc2ccc(F)cc2)C1. The maximum Gasteiger partial charge on any atom is 0.240 e. The summed E-state index contributed by atoms with van der Waals surface area (Å²) in [6.45, 7) is 5.48. The lowest BCUT2D eigenvalue weighted by atomic mass is 10.1. The van der Waals surface area contributed by atoms with Crippen LogP contribution in [0.2, 0.25) is 0 Å². The number of hydrogen-bond donors (Lipinski definition) is 2. The lowest BCUT2D eigenvalue weighted by molar-refractivity contribution is -0.128. The molecule has 0 aliphatic carbocycles. The molecular formula is C24H25F2N5O. The van der Waals surface area contributed by atoms with Crippen molar-refractivity contribution in [1.82, 2.24) is 19.8 Å². The fourth-order valence-electron chi connectivity index (χ4n) is 3.44. The molecule has 2 N–H and O–H groups in total. The minimum Gasteiger partial charge on any atom is -0.339 e. The summed E-state index contributed by atoms with van der Waals surface area (Å²) in [4.78, 5) is 19.0. The van der Waals surface area contributed by atoms with Crippen molar-refractivity contribution < 1.29 is 13.6 Å². The number of carbonyl (C=O) groups is 1. The lowest BCUT2D eigenvalue weighted by Crippen LogP contribution is -2.37. The third-order valence-electron chi connectivity index (χ3n) is 5.07. The predicted molar refractivity (Wildman–Crippen MR) is 121 cm³/mol. The zero-order chi connectivity index (χ0) is 22.7. The topological polar surface area (TPSA) is 62.2 Å². The molecule has 0 radical (unpaired) electrons. The Bertz CT molecular complexity index is 1120. The van der Waals surface area contributed by atoms with Gasteiger partial charge in [-0.3, -0.25) is 9.36 Å². The van der Waals surface area contributed by atoms with Crippen LogP contribution in [0.3, 0.4) is 0 Å². The second kappa shape index (κ2) is 9.32. The number of anilines is 2. The van der Waals surface area contributed by atoms with Crippen LogP contribution < -0.4 is 10.6 Å². The van der Waals surface area contributed by atoms with Crippen LogP contribution in [0.15, 0.2) is 54.7 Å². The van der Waals surface area contributed by atoms with E-state index in [2.05, 4.69) is 24.5 Å². The molecule has 166 valence electrons. The largest absolute Gasteiger partial charge is 0.339 e. The van der Waals surface area contributed by atoms with Crippen LogP contribution in [-0.2, 0) is 11.3 Å². The van der Waals surface area contributed by atoms with Gasteiger partial charge in [0.25, 0.3) is 0 Å². The monoisotopic (exact) mass is 437 g/mol. The predicted octanol–water partition coefficient (Wildman–Crippen LogP) is 4.59. The summed E-state index contributed by atoms with van der Waals surface area (Å²) >= 11 is 0. The first-order valence-electron chi connectivity index (χ1n) is 10.5. The van der Waals surface area contributed by atoms with E-state index < -0.39 is 0 Å². The Hall–Kier alpha value is -3.52. The van der Waals surface area contributed by atoms with Gasteiger partial charge in [0.15, 0.2) is 0 Å². The molecule has 2 aromatic carbocycles. The molecule has 4 rings (SSSR count). The minimum atomic E-state index is -0.337. The quantitative estimate of drug-likeness (QED) is 0.568. The number of amides is 1. The molecule has 32 heavy (non-hydrogen) atoms. The molecule has 0 saturated carbocycles. The highest BCUT2D eigenvalue weighted by atomic mass is 19.1. The zero-order valence-corrected chi connectivity index (χ0v) is 18.0.